The van der Waals surface area contributed by atoms with Gasteiger partial charge in [0.15, 0.2) is 0 Å². The number of hydrogen-bond acceptors (Lipinski definition) is 4. The SMILES string of the molecule is Cc1cc(C)c(C(N)=O)c(NCC2CCCNC2)n1. The minimum Gasteiger partial charge on any atom is -0.369 e. The zero-order valence-electron chi connectivity index (χ0n) is 11.6. The van der Waals surface area contributed by atoms with Crippen LogP contribution in [-0.2, 0) is 0 Å². The molecule has 1 unspecified atom stereocenters. The molecule has 0 saturated carbocycles. The van der Waals surface area contributed by atoms with Crippen LogP contribution in [0.5, 0.6) is 0 Å². The molecule has 1 aromatic rings. The highest BCUT2D eigenvalue weighted by atomic mass is 16.1. The maximum absolute atomic E-state index is 11.5. The molecule has 1 amide bonds. The number of pyridine rings is 1. The quantitative estimate of drug-likeness (QED) is 0.762. The van der Waals surface area contributed by atoms with E-state index in [-0.39, 0.29) is 0 Å². The van der Waals surface area contributed by atoms with E-state index >= 15 is 0 Å². The Morgan fingerprint density at radius 1 is 1.58 bits per heavy atom. The van der Waals surface area contributed by atoms with Crippen LogP contribution in [0.3, 0.4) is 0 Å². The first kappa shape index (κ1) is 13.8. The average Bonchev–Trinajstić information content (AvgIpc) is 2.36. The third kappa shape index (κ3) is 3.44. The molecule has 1 saturated heterocycles. The van der Waals surface area contributed by atoms with E-state index in [9.17, 15) is 4.79 Å². The maximum Gasteiger partial charge on any atom is 0.252 e. The second-order valence-electron chi connectivity index (χ2n) is 5.26. The van der Waals surface area contributed by atoms with Gasteiger partial charge in [0.05, 0.1) is 5.56 Å². The lowest BCUT2D eigenvalue weighted by molar-refractivity contribution is 0.1000. The number of aromatic nitrogens is 1. The summed E-state index contributed by atoms with van der Waals surface area (Å²) < 4.78 is 0. The second-order valence-corrected chi connectivity index (χ2v) is 5.26. The number of nitrogens with two attached hydrogens (primary N) is 1. The number of aryl methyl sites for hydroxylation is 2. The first-order valence-electron chi connectivity index (χ1n) is 6.80. The van der Waals surface area contributed by atoms with Crippen LogP contribution >= 0.6 is 0 Å². The Balaban J connectivity index is 2.12. The molecule has 1 fully saturated rings. The molecule has 104 valence electrons. The summed E-state index contributed by atoms with van der Waals surface area (Å²) >= 11 is 0. The van der Waals surface area contributed by atoms with Crippen LogP contribution in [0.25, 0.3) is 0 Å². The Morgan fingerprint density at radius 2 is 2.37 bits per heavy atom. The first-order chi connectivity index (χ1) is 9.08. The van der Waals surface area contributed by atoms with Crippen LogP contribution in [-0.4, -0.2) is 30.5 Å². The zero-order valence-corrected chi connectivity index (χ0v) is 11.6. The molecule has 1 aliphatic rings. The number of nitrogens with zero attached hydrogens (tertiary/aromatic N) is 1. The molecule has 0 aliphatic carbocycles. The van der Waals surface area contributed by atoms with Gasteiger partial charge >= 0.3 is 0 Å². The van der Waals surface area contributed by atoms with Gasteiger partial charge in [-0.25, -0.2) is 4.98 Å². The van der Waals surface area contributed by atoms with Crippen LogP contribution in [0.1, 0.15) is 34.5 Å². The Kier molecular flexibility index (Phi) is 4.37. The van der Waals surface area contributed by atoms with Crippen molar-refractivity contribution in [3.63, 3.8) is 0 Å². The molecule has 0 radical (unpaired) electrons. The molecule has 0 spiro atoms. The Morgan fingerprint density at radius 3 is 3.00 bits per heavy atom. The summed E-state index contributed by atoms with van der Waals surface area (Å²) in [5.41, 5.74) is 7.73. The lowest BCUT2D eigenvalue weighted by Gasteiger charge is -2.23. The molecular weight excluding hydrogens is 240 g/mol. The monoisotopic (exact) mass is 262 g/mol. The number of amides is 1. The highest BCUT2D eigenvalue weighted by Gasteiger charge is 2.17. The molecule has 1 atom stereocenters. The van der Waals surface area contributed by atoms with E-state index in [1.807, 2.05) is 19.9 Å². The van der Waals surface area contributed by atoms with E-state index in [1.165, 1.54) is 12.8 Å². The van der Waals surface area contributed by atoms with Gasteiger partial charge in [0.1, 0.15) is 5.82 Å². The fourth-order valence-electron chi connectivity index (χ4n) is 2.61. The number of carbonyl (C=O) groups excluding carboxylic acids is 1. The highest BCUT2D eigenvalue weighted by Crippen LogP contribution is 2.19. The van der Waals surface area contributed by atoms with Gasteiger partial charge in [0, 0.05) is 12.2 Å². The van der Waals surface area contributed by atoms with Gasteiger partial charge in [-0.15, -0.1) is 0 Å². The fraction of sp³-hybridized carbons (Fsp3) is 0.571. The van der Waals surface area contributed by atoms with Crippen LogP contribution < -0.4 is 16.4 Å². The number of rotatable bonds is 4. The number of carbonyl (C=O) groups is 1. The van der Waals surface area contributed by atoms with Gasteiger partial charge in [-0.2, -0.15) is 0 Å². The van der Waals surface area contributed by atoms with Crippen molar-refractivity contribution in [1.29, 1.82) is 0 Å². The summed E-state index contributed by atoms with van der Waals surface area (Å²) in [7, 11) is 0. The minimum absolute atomic E-state index is 0.422. The van der Waals surface area contributed by atoms with Gasteiger partial charge in [-0.1, -0.05) is 0 Å². The maximum atomic E-state index is 11.5. The normalized spacial score (nSPS) is 19.2. The van der Waals surface area contributed by atoms with Gasteiger partial charge in [0.2, 0.25) is 0 Å². The van der Waals surface area contributed by atoms with Crippen molar-refractivity contribution in [2.75, 3.05) is 25.0 Å². The highest BCUT2D eigenvalue weighted by molar-refractivity contribution is 5.99. The Labute approximate surface area is 114 Å². The van der Waals surface area contributed by atoms with Gasteiger partial charge in [-0.05, 0) is 57.3 Å². The standard InChI is InChI=1S/C14H22N4O/c1-9-6-10(2)18-14(12(9)13(15)19)17-8-11-4-3-5-16-7-11/h6,11,16H,3-5,7-8H2,1-2H3,(H2,15,19)(H,17,18). The van der Waals surface area contributed by atoms with E-state index in [0.29, 0.717) is 17.3 Å². The smallest absolute Gasteiger partial charge is 0.252 e. The van der Waals surface area contributed by atoms with Gasteiger partial charge in [0.25, 0.3) is 5.91 Å². The van der Waals surface area contributed by atoms with Gasteiger partial charge < -0.3 is 16.4 Å². The van der Waals surface area contributed by atoms with Crippen LogP contribution in [0.15, 0.2) is 6.07 Å². The van der Waals surface area contributed by atoms with Crippen LogP contribution in [0.2, 0.25) is 0 Å². The summed E-state index contributed by atoms with van der Waals surface area (Å²) in [4.78, 5) is 15.9. The lowest BCUT2D eigenvalue weighted by atomic mass is 9.99. The molecule has 0 aromatic carbocycles. The van der Waals surface area contributed by atoms with Crippen LogP contribution in [0, 0.1) is 19.8 Å². The van der Waals surface area contributed by atoms with Crippen molar-refractivity contribution in [1.82, 2.24) is 10.3 Å². The average molecular weight is 262 g/mol. The van der Waals surface area contributed by atoms with Crippen molar-refractivity contribution >= 4 is 11.7 Å². The number of hydrogen-bond donors (Lipinski definition) is 3. The summed E-state index contributed by atoms with van der Waals surface area (Å²) in [6, 6.07) is 1.88. The van der Waals surface area contributed by atoms with E-state index in [4.69, 9.17) is 5.73 Å². The third-order valence-corrected chi connectivity index (χ3v) is 3.55. The van der Waals surface area contributed by atoms with E-state index in [1.54, 1.807) is 0 Å². The third-order valence-electron chi connectivity index (χ3n) is 3.55. The topological polar surface area (TPSA) is 80.0 Å². The predicted molar refractivity (Wildman–Crippen MR) is 76.3 cm³/mol. The minimum atomic E-state index is -0.422. The first-order valence-corrected chi connectivity index (χ1v) is 6.80. The largest absolute Gasteiger partial charge is 0.369 e. The number of anilines is 1. The van der Waals surface area contributed by atoms with E-state index in [2.05, 4.69) is 15.6 Å². The summed E-state index contributed by atoms with van der Waals surface area (Å²) in [5.74, 6) is 0.780. The molecule has 0 bridgehead atoms. The van der Waals surface area contributed by atoms with Crippen molar-refractivity contribution < 1.29 is 4.79 Å². The number of primary amides is 1. The zero-order chi connectivity index (χ0) is 13.8. The van der Waals surface area contributed by atoms with Crippen LogP contribution in [0.4, 0.5) is 5.82 Å². The summed E-state index contributed by atoms with van der Waals surface area (Å²) in [6.07, 6.45) is 2.41. The number of nitrogens with one attached hydrogen (secondary N) is 2. The predicted octanol–water partition coefficient (Wildman–Crippen LogP) is 1.21. The van der Waals surface area contributed by atoms with Gasteiger partial charge in [-0.3, -0.25) is 4.79 Å². The van der Waals surface area contributed by atoms with Crippen molar-refractivity contribution in [2.24, 2.45) is 11.7 Å². The molecular formula is C14H22N4O. The molecule has 1 aliphatic heterocycles. The molecule has 1 aromatic heterocycles. The molecule has 19 heavy (non-hydrogen) atoms. The summed E-state index contributed by atoms with van der Waals surface area (Å²) in [6.45, 7) is 6.75. The van der Waals surface area contributed by atoms with Crippen molar-refractivity contribution in [3.8, 4) is 0 Å². The summed E-state index contributed by atoms with van der Waals surface area (Å²) in [5, 5.41) is 6.67. The number of piperidine rings is 1. The molecule has 2 rings (SSSR count). The molecule has 2 heterocycles. The van der Waals surface area contributed by atoms with Crippen molar-refractivity contribution in [3.05, 3.63) is 22.9 Å². The Bertz CT molecular complexity index is 467. The van der Waals surface area contributed by atoms with E-state index in [0.717, 1.165) is 30.9 Å². The molecule has 5 nitrogen and oxygen atoms in total. The fourth-order valence-corrected chi connectivity index (χ4v) is 2.61. The molecule has 4 N–H and O–H groups in total. The molecule has 5 heteroatoms. The Hall–Kier alpha value is -1.62. The van der Waals surface area contributed by atoms with E-state index < -0.39 is 5.91 Å². The van der Waals surface area contributed by atoms with Crippen molar-refractivity contribution in [2.45, 2.75) is 26.7 Å². The lowest BCUT2D eigenvalue weighted by Crippen LogP contribution is -2.34. The second kappa shape index (κ2) is 6.02.